The van der Waals surface area contributed by atoms with Gasteiger partial charge in [-0.3, -0.25) is 4.99 Å². The third-order valence-electron chi connectivity index (χ3n) is 1.48. The number of hydrogen-bond acceptors (Lipinski definition) is 2. The van der Waals surface area contributed by atoms with Gasteiger partial charge in [-0.25, -0.2) is 0 Å². The number of rotatable bonds is 0. The van der Waals surface area contributed by atoms with Crippen LogP contribution in [0.4, 0.5) is 0 Å². The Balaban J connectivity index is 2.81. The molecular weight excluding hydrogens is 138 g/mol. The fourth-order valence-corrected chi connectivity index (χ4v) is 0.963. The average Bonchev–Trinajstić information content (AvgIpc) is 2.28. The van der Waals surface area contributed by atoms with Crippen molar-refractivity contribution in [1.29, 1.82) is 0 Å². The van der Waals surface area contributed by atoms with Crippen LogP contribution in [0.1, 0.15) is 0 Å². The minimum Gasteiger partial charge on any atom is -0.470 e. The first-order chi connectivity index (χ1) is 5.47. The zero-order valence-corrected chi connectivity index (χ0v) is 5.90. The van der Waals surface area contributed by atoms with Crippen LogP contribution in [0, 0.1) is 0 Å². The van der Waals surface area contributed by atoms with Gasteiger partial charge in [0.05, 0.1) is 17.8 Å². The molecular formula is C9H7NO. The molecule has 0 saturated heterocycles. The van der Waals surface area contributed by atoms with E-state index in [0.29, 0.717) is 0 Å². The third kappa shape index (κ3) is 1.15. The van der Waals surface area contributed by atoms with E-state index in [9.17, 15) is 0 Å². The third-order valence-corrected chi connectivity index (χ3v) is 1.48. The summed E-state index contributed by atoms with van der Waals surface area (Å²) in [6.45, 7) is 0. The van der Waals surface area contributed by atoms with Gasteiger partial charge in [0.2, 0.25) is 0 Å². The molecule has 1 aromatic carbocycles. The number of fused-ring (bicyclic) bond motifs is 1. The van der Waals surface area contributed by atoms with Crippen molar-refractivity contribution in [3.05, 3.63) is 47.3 Å². The molecule has 0 spiro atoms. The smallest absolute Gasteiger partial charge is 0.108 e. The van der Waals surface area contributed by atoms with Gasteiger partial charge in [-0.2, -0.15) is 0 Å². The van der Waals surface area contributed by atoms with E-state index in [1.165, 1.54) is 0 Å². The van der Waals surface area contributed by atoms with E-state index in [1.54, 1.807) is 18.7 Å². The lowest BCUT2D eigenvalue weighted by molar-refractivity contribution is 0.460. The Morgan fingerprint density at radius 1 is 1.18 bits per heavy atom. The molecule has 0 aromatic heterocycles. The van der Waals surface area contributed by atoms with Crippen LogP contribution in [0.3, 0.4) is 0 Å². The lowest BCUT2D eigenvalue weighted by Crippen LogP contribution is -2.22. The minimum atomic E-state index is 0.946. The van der Waals surface area contributed by atoms with Crippen molar-refractivity contribution >= 4 is 6.26 Å². The van der Waals surface area contributed by atoms with Crippen molar-refractivity contribution in [3.63, 3.8) is 0 Å². The highest BCUT2D eigenvalue weighted by Crippen LogP contribution is 1.83. The van der Waals surface area contributed by atoms with Crippen molar-refractivity contribution in [3.8, 4) is 0 Å². The molecule has 54 valence electrons. The molecule has 0 unspecified atom stereocenters. The fraction of sp³-hybridized carbons (Fsp3) is 0. The van der Waals surface area contributed by atoms with Gasteiger partial charge in [-0.05, 0) is 12.1 Å². The SMILES string of the molecule is C1=COC=c2ccccc2=N1. The Morgan fingerprint density at radius 2 is 2.09 bits per heavy atom. The molecule has 0 bridgehead atoms. The molecule has 0 radical (unpaired) electrons. The summed E-state index contributed by atoms with van der Waals surface area (Å²) in [7, 11) is 0. The summed E-state index contributed by atoms with van der Waals surface area (Å²) in [4.78, 5) is 4.15. The minimum absolute atomic E-state index is 0.946. The van der Waals surface area contributed by atoms with Gasteiger partial charge in [-0.1, -0.05) is 12.1 Å². The van der Waals surface area contributed by atoms with Crippen LogP contribution in [-0.4, -0.2) is 0 Å². The van der Waals surface area contributed by atoms with Crippen molar-refractivity contribution < 1.29 is 4.74 Å². The second kappa shape index (κ2) is 2.58. The topological polar surface area (TPSA) is 21.6 Å². The Hall–Kier alpha value is -1.57. The standard InChI is InChI=1S/C9H7NO/c1-2-4-9-8(3-1)7-11-6-5-10-9/h1-7H. The number of ether oxygens (including phenoxy) is 1. The summed E-state index contributed by atoms with van der Waals surface area (Å²) in [6.07, 6.45) is 4.88. The average molecular weight is 145 g/mol. The lowest BCUT2D eigenvalue weighted by Gasteiger charge is -1.85. The van der Waals surface area contributed by atoms with E-state index >= 15 is 0 Å². The lowest BCUT2D eigenvalue weighted by atomic mass is 10.3. The maximum atomic E-state index is 5.02. The molecule has 2 heteroatoms. The summed E-state index contributed by atoms with van der Waals surface area (Å²) in [5.41, 5.74) is 0. The molecule has 1 aliphatic heterocycles. The molecule has 1 aromatic rings. The maximum absolute atomic E-state index is 5.02. The number of hydrogen-bond donors (Lipinski definition) is 0. The van der Waals surface area contributed by atoms with Crippen LogP contribution in [0.25, 0.3) is 6.26 Å². The molecule has 0 aliphatic carbocycles. The second-order valence-corrected chi connectivity index (χ2v) is 2.23. The van der Waals surface area contributed by atoms with Crippen molar-refractivity contribution in [2.75, 3.05) is 0 Å². The van der Waals surface area contributed by atoms with E-state index < -0.39 is 0 Å². The van der Waals surface area contributed by atoms with Gasteiger partial charge >= 0.3 is 0 Å². The highest BCUT2D eigenvalue weighted by Gasteiger charge is 1.86. The molecule has 0 N–H and O–H groups in total. The predicted octanol–water partition coefficient (Wildman–Crippen LogP) is 0.546. The van der Waals surface area contributed by atoms with E-state index in [0.717, 1.165) is 10.6 Å². The van der Waals surface area contributed by atoms with E-state index in [-0.39, 0.29) is 0 Å². The quantitative estimate of drug-likeness (QED) is 0.522. The summed E-state index contributed by atoms with van der Waals surface area (Å²) in [5.74, 6) is 0. The molecule has 0 amide bonds. The molecule has 2 rings (SSSR count). The van der Waals surface area contributed by atoms with Crippen LogP contribution in [-0.2, 0) is 4.74 Å². The van der Waals surface area contributed by atoms with Crippen molar-refractivity contribution in [2.24, 2.45) is 4.99 Å². The van der Waals surface area contributed by atoms with Crippen LogP contribution in [0.2, 0.25) is 0 Å². The fourth-order valence-electron chi connectivity index (χ4n) is 0.963. The second-order valence-electron chi connectivity index (χ2n) is 2.23. The molecule has 0 fully saturated rings. The maximum Gasteiger partial charge on any atom is 0.108 e. The van der Waals surface area contributed by atoms with E-state index in [1.807, 2.05) is 24.3 Å². The van der Waals surface area contributed by atoms with Gasteiger partial charge in [0.15, 0.2) is 0 Å². The van der Waals surface area contributed by atoms with Gasteiger partial charge in [0.1, 0.15) is 6.26 Å². The van der Waals surface area contributed by atoms with Crippen LogP contribution in [0.5, 0.6) is 0 Å². The monoisotopic (exact) mass is 145 g/mol. The zero-order chi connectivity index (χ0) is 7.52. The molecule has 0 saturated carbocycles. The highest BCUT2D eigenvalue weighted by atomic mass is 16.5. The largest absolute Gasteiger partial charge is 0.470 e. The number of nitrogens with zero attached hydrogens (tertiary/aromatic N) is 1. The Labute approximate surface area is 64.2 Å². The molecule has 0 atom stereocenters. The molecule has 11 heavy (non-hydrogen) atoms. The normalized spacial score (nSPS) is 13.5. The first-order valence-electron chi connectivity index (χ1n) is 3.40. The first kappa shape index (κ1) is 6.16. The molecule has 2 nitrogen and oxygen atoms in total. The Bertz CT molecular complexity index is 392. The van der Waals surface area contributed by atoms with Gasteiger partial charge in [0, 0.05) is 5.22 Å². The number of benzene rings is 1. The summed E-state index contributed by atoms with van der Waals surface area (Å²) in [5, 5.41) is 1.96. The summed E-state index contributed by atoms with van der Waals surface area (Å²) in [6, 6.07) is 7.82. The Kier molecular flexibility index (Phi) is 1.44. The highest BCUT2D eigenvalue weighted by molar-refractivity contribution is 5.18. The Morgan fingerprint density at radius 3 is 3.09 bits per heavy atom. The van der Waals surface area contributed by atoms with Crippen molar-refractivity contribution in [2.45, 2.75) is 0 Å². The van der Waals surface area contributed by atoms with Gasteiger partial charge < -0.3 is 4.74 Å². The zero-order valence-electron chi connectivity index (χ0n) is 5.90. The van der Waals surface area contributed by atoms with E-state index in [4.69, 9.17) is 4.74 Å². The molecule has 1 aliphatic rings. The molecule has 1 heterocycles. The van der Waals surface area contributed by atoms with Crippen LogP contribution in [0.15, 0.2) is 41.7 Å². The van der Waals surface area contributed by atoms with Crippen molar-refractivity contribution in [1.82, 2.24) is 0 Å². The van der Waals surface area contributed by atoms with Crippen LogP contribution >= 0.6 is 0 Å². The summed E-state index contributed by atoms with van der Waals surface area (Å²) >= 11 is 0. The van der Waals surface area contributed by atoms with Gasteiger partial charge in [0.25, 0.3) is 0 Å². The van der Waals surface area contributed by atoms with E-state index in [2.05, 4.69) is 4.99 Å². The summed E-state index contributed by atoms with van der Waals surface area (Å²) < 4.78 is 5.02. The number of para-hydroxylation sites is 1. The first-order valence-corrected chi connectivity index (χ1v) is 3.40. The van der Waals surface area contributed by atoms with Gasteiger partial charge in [-0.15, -0.1) is 0 Å². The predicted molar refractivity (Wildman–Crippen MR) is 41.9 cm³/mol. The van der Waals surface area contributed by atoms with Crippen LogP contribution < -0.4 is 10.6 Å².